The maximum absolute atomic E-state index is 13.9. The van der Waals surface area contributed by atoms with E-state index in [1.54, 1.807) is 36.5 Å². The Balaban J connectivity index is 0.000000900. The molecule has 246 valence electrons. The molecule has 0 saturated heterocycles. The van der Waals surface area contributed by atoms with E-state index in [9.17, 15) is 35.5 Å². The van der Waals surface area contributed by atoms with Crippen molar-refractivity contribution in [2.24, 2.45) is 0 Å². The molecule has 0 unspecified atom stereocenters. The molecule has 0 atom stereocenters. The number of aromatic nitrogens is 2. The molecule has 0 saturated carbocycles. The van der Waals surface area contributed by atoms with Gasteiger partial charge in [-0.15, -0.1) is 0 Å². The van der Waals surface area contributed by atoms with Crippen LogP contribution in [-0.4, -0.2) is 71.4 Å². The smallest absolute Gasteiger partial charge is 0.475 e. The van der Waals surface area contributed by atoms with E-state index in [-0.39, 0.29) is 0 Å². The van der Waals surface area contributed by atoms with Gasteiger partial charge in [-0.05, 0) is 74.6 Å². The van der Waals surface area contributed by atoms with E-state index in [0.717, 1.165) is 38.3 Å². The summed E-state index contributed by atoms with van der Waals surface area (Å²) in [6, 6.07) is 9.40. The summed E-state index contributed by atoms with van der Waals surface area (Å²) < 4.78 is 84.3. The monoisotopic (exact) mass is 647 g/mol. The number of halogens is 7. The number of amides is 2. The average molecular weight is 648 g/mol. The van der Waals surface area contributed by atoms with Crippen molar-refractivity contribution in [1.29, 1.82) is 0 Å². The van der Waals surface area contributed by atoms with Gasteiger partial charge < -0.3 is 30.9 Å². The van der Waals surface area contributed by atoms with E-state index < -0.39 is 41.4 Å². The number of urea groups is 1. The number of alkyl halides is 6. The molecule has 0 aliphatic carbocycles. The Morgan fingerprint density at radius 2 is 1.56 bits per heavy atom. The van der Waals surface area contributed by atoms with Crippen LogP contribution in [0.1, 0.15) is 25.8 Å². The Kier molecular flexibility index (Phi) is 13.3. The van der Waals surface area contributed by atoms with Crippen molar-refractivity contribution in [3.05, 3.63) is 66.1 Å². The molecular formula is C28H32F7N7O3. The zero-order chi connectivity index (χ0) is 33.8. The van der Waals surface area contributed by atoms with Crippen LogP contribution in [0.25, 0.3) is 0 Å². The van der Waals surface area contributed by atoms with Crippen LogP contribution >= 0.6 is 0 Å². The van der Waals surface area contributed by atoms with Crippen molar-refractivity contribution in [1.82, 2.24) is 14.9 Å². The van der Waals surface area contributed by atoms with E-state index in [1.807, 2.05) is 11.9 Å². The maximum atomic E-state index is 13.9. The molecule has 2 aromatic carbocycles. The predicted octanol–water partition coefficient (Wildman–Crippen LogP) is 6.82. The van der Waals surface area contributed by atoms with Gasteiger partial charge in [-0.1, -0.05) is 13.8 Å². The molecule has 2 amide bonds. The van der Waals surface area contributed by atoms with E-state index >= 15 is 0 Å². The molecule has 4 N–H and O–H groups in total. The van der Waals surface area contributed by atoms with Crippen molar-refractivity contribution >= 4 is 40.8 Å². The number of carboxylic acid groups (broad SMARTS) is 1. The van der Waals surface area contributed by atoms with Crippen molar-refractivity contribution in [2.75, 3.05) is 54.1 Å². The number of hydrogen-bond donors (Lipinski definition) is 4. The van der Waals surface area contributed by atoms with Gasteiger partial charge in [-0.3, -0.25) is 0 Å². The number of hydrogen-bond acceptors (Lipinski definition) is 7. The first-order valence-corrected chi connectivity index (χ1v) is 13.4. The second-order valence-electron chi connectivity index (χ2n) is 9.23. The van der Waals surface area contributed by atoms with Gasteiger partial charge in [0.15, 0.2) is 0 Å². The molecule has 1 aromatic heterocycles. The van der Waals surface area contributed by atoms with Gasteiger partial charge in [0.05, 0.1) is 11.3 Å². The molecular weight excluding hydrogens is 615 g/mol. The van der Waals surface area contributed by atoms with E-state index in [4.69, 9.17) is 9.90 Å². The highest BCUT2D eigenvalue weighted by molar-refractivity contribution is 6.00. The summed E-state index contributed by atoms with van der Waals surface area (Å²) in [4.78, 5) is 34.1. The lowest BCUT2D eigenvalue weighted by molar-refractivity contribution is -0.192. The Hall–Kier alpha value is -4.67. The molecule has 0 aliphatic heterocycles. The molecule has 10 nitrogen and oxygen atoms in total. The van der Waals surface area contributed by atoms with Crippen molar-refractivity contribution in [3.8, 4) is 0 Å². The van der Waals surface area contributed by atoms with Gasteiger partial charge in [-0.2, -0.15) is 31.3 Å². The van der Waals surface area contributed by atoms with Crippen LogP contribution in [0.15, 0.2) is 54.7 Å². The summed E-state index contributed by atoms with van der Waals surface area (Å²) in [5.41, 5.74) is -0.504. The SMILES string of the molecule is CCN(CC)CCCNc1nccc(N(C)c2ccc(NC(=O)Nc3cc(C(F)(F)F)ccc3F)cc2)n1.O=C(O)C(F)(F)F. The lowest BCUT2D eigenvalue weighted by Crippen LogP contribution is -2.25. The molecule has 0 radical (unpaired) electrons. The molecule has 0 aliphatic rings. The van der Waals surface area contributed by atoms with Gasteiger partial charge >= 0.3 is 24.4 Å². The molecule has 3 rings (SSSR count). The molecule has 1 heterocycles. The minimum absolute atomic E-state index is 0.366. The number of aliphatic carboxylic acids is 1. The Labute approximate surface area is 254 Å². The van der Waals surface area contributed by atoms with Crippen LogP contribution in [0.2, 0.25) is 0 Å². The molecule has 17 heteroatoms. The second-order valence-corrected chi connectivity index (χ2v) is 9.23. The number of nitrogens with one attached hydrogen (secondary N) is 3. The van der Waals surface area contributed by atoms with E-state index in [1.165, 1.54) is 0 Å². The molecule has 3 aromatic rings. The number of benzene rings is 2. The summed E-state index contributed by atoms with van der Waals surface area (Å²) in [6.45, 7) is 8.04. The topological polar surface area (TPSA) is 123 Å². The third-order valence-corrected chi connectivity index (χ3v) is 6.11. The number of nitrogens with zero attached hydrogens (tertiary/aromatic N) is 4. The largest absolute Gasteiger partial charge is 0.490 e. The Morgan fingerprint density at radius 3 is 2.11 bits per heavy atom. The van der Waals surface area contributed by atoms with Crippen molar-refractivity contribution < 1.29 is 45.4 Å². The quantitative estimate of drug-likeness (QED) is 0.132. The van der Waals surface area contributed by atoms with Gasteiger partial charge in [0.25, 0.3) is 0 Å². The van der Waals surface area contributed by atoms with Crippen LogP contribution in [0.3, 0.4) is 0 Å². The van der Waals surface area contributed by atoms with Crippen LogP contribution in [-0.2, 0) is 11.0 Å². The summed E-state index contributed by atoms with van der Waals surface area (Å²) in [5, 5.41) is 15.0. The number of carbonyl (C=O) groups excluding carboxylic acids is 1. The lowest BCUT2D eigenvalue weighted by Gasteiger charge is -2.20. The summed E-state index contributed by atoms with van der Waals surface area (Å²) in [5.74, 6) is -2.56. The Bertz CT molecular complexity index is 1400. The molecule has 0 spiro atoms. The molecule has 45 heavy (non-hydrogen) atoms. The predicted molar refractivity (Wildman–Crippen MR) is 155 cm³/mol. The van der Waals surface area contributed by atoms with Crippen LogP contribution in [0, 0.1) is 5.82 Å². The third kappa shape index (κ3) is 12.1. The normalized spacial score (nSPS) is 11.4. The van der Waals surface area contributed by atoms with Crippen LogP contribution in [0.4, 0.5) is 64.4 Å². The highest BCUT2D eigenvalue weighted by atomic mass is 19.4. The van der Waals surface area contributed by atoms with Crippen molar-refractivity contribution in [3.63, 3.8) is 0 Å². The first kappa shape index (κ1) is 36.5. The highest BCUT2D eigenvalue weighted by Gasteiger charge is 2.38. The zero-order valence-electron chi connectivity index (χ0n) is 24.4. The Morgan fingerprint density at radius 1 is 0.933 bits per heavy atom. The summed E-state index contributed by atoms with van der Waals surface area (Å²) in [7, 11) is 1.83. The lowest BCUT2D eigenvalue weighted by atomic mass is 10.2. The van der Waals surface area contributed by atoms with Crippen molar-refractivity contribution in [2.45, 2.75) is 32.6 Å². The molecule has 0 bridgehead atoms. The van der Waals surface area contributed by atoms with Gasteiger partial charge in [0.1, 0.15) is 11.6 Å². The summed E-state index contributed by atoms with van der Waals surface area (Å²) >= 11 is 0. The van der Waals surface area contributed by atoms with Crippen LogP contribution in [0.5, 0.6) is 0 Å². The third-order valence-electron chi connectivity index (χ3n) is 6.11. The standard InChI is InChI=1S/C26H31F4N7O.C2HF3O2/c1-4-37(5-2)16-6-14-31-24-32-15-13-23(35-24)36(3)20-10-8-19(9-11-20)33-25(38)34-22-17-18(26(28,29)30)7-12-21(22)27;3-2(4,5)1(6)7/h7-13,15,17H,4-6,14,16H2,1-3H3,(H,31,32,35)(H2,33,34,38);(H,6,7). The maximum Gasteiger partial charge on any atom is 0.490 e. The van der Waals surface area contributed by atoms with Gasteiger partial charge in [0, 0.05) is 31.2 Å². The van der Waals surface area contributed by atoms with Gasteiger partial charge in [0.2, 0.25) is 5.95 Å². The average Bonchev–Trinajstić information content (AvgIpc) is 2.98. The summed E-state index contributed by atoms with van der Waals surface area (Å²) in [6.07, 6.45) is -7.11. The zero-order valence-corrected chi connectivity index (χ0v) is 24.4. The first-order chi connectivity index (χ1) is 21.0. The van der Waals surface area contributed by atoms with E-state index in [2.05, 4.69) is 44.7 Å². The number of anilines is 5. The minimum Gasteiger partial charge on any atom is -0.475 e. The first-order valence-electron chi connectivity index (χ1n) is 13.4. The fourth-order valence-corrected chi connectivity index (χ4v) is 3.65. The number of rotatable bonds is 11. The minimum atomic E-state index is -5.08. The highest BCUT2D eigenvalue weighted by Crippen LogP contribution is 2.32. The molecule has 0 fully saturated rings. The number of carbonyl (C=O) groups is 2. The van der Waals surface area contributed by atoms with Crippen LogP contribution < -0.4 is 20.9 Å². The van der Waals surface area contributed by atoms with E-state index in [0.29, 0.717) is 35.7 Å². The number of carboxylic acids is 1. The van der Waals surface area contributed by atoms with Gasteiger partial charge in [-0.25, -0.2) is 19.0 Å². The fourth-order valence-electron chi connectivity index (χ4n) is 3.65. The second kappa shape index (κ2) is 16.4. The fraction of sp³-hybridized carbons (Fsp3) is 0.357.